The second-order valence-corrected chi connectivity index (χ2v) is 6.74. The number of hydrogen-bond acceptors (Lipinski definition) is 4. The predicted octanol–water partition coefficient (Wildman–Crippen LogP) is 5.36. The molecule has 160 valence electrons. The molecule has 0 amide bonds. The molecule has 7 heteroatoms. The van der Waals surface area contributed by atoms with E-state index in [9.17, 15) is 13.2 Å². The lowest BCUT2D eigenvalue weighted by molar-refractivity contribution is -0.137. The average Bonchev–Trinajstić information content (AvgIpc) is 2.66. The minimum Gasteiger partial charge on any atom is -0.394 e. The van der Waals surface area contributed by atoms with Gasteiger partial charge >= 0.3 is 6.18 Å². The third-order valence-electron chi connectivity index (χ3n) is 4.31. The number of ether oxygens (including phenoxy) is 1. The van der Waals surface area contributed by atoms with Crippen LogP contribution in [0.3, 0.4) is 0 Å². The Morgan fingerprint density at radius 3 is 2.14 bits per heavy atom. The standard InChI is InChI=1S/C21H33F3N2O2/c1-4-13-26(14-5-2)15-17-28-25-20(8-6-7-16-27-3)18-9-11-19(12-10-18)21(22,23)24/h9-12H,4-8,13-17H2,1-3H3/b25-20+. The van der Waals surface area contributed by atoms with Crippen LogP contribution < -0.4 is 0 Å². The minimum absolute atomic E-state index is 0.461. The maximum atomic E-state index is 12.8. The summed E-state index contributed by atoms with van der Waals surface area (Å²) in [7, 11) is 1.65. The first-order valence-electron chi connectivity index (χ1n) is 10.00. The second-order valence-electron chi connectivity index (χ2n) is 6.74. The molecule has 28 heavy (non-hydrogen) atoms. The van der Waals surface area contributed by atoms with Crippen molar-refractivity contribution in [3.05, 3.63) is 35.4 Å². The summed E-state index contributed by atoms with van der Waals surface area (Å²) < 4.78 is 43.4. The van der Waals surface area contributed by atoms with Gasteiger partial charge in [0.1, 0.15) is 6.61 Å². The van der Waals surface area contributed by atoms with E-state index in [1.165, 1.54) is 12.1 Å². The molecule has 0 spiro atoms. The Morgan fingerprint density at radius 1 is 0.964 bits per heavy atom. The predicted molar refractivity (Wildman–Crippen MR) is 107 cm³/mol. The third kappa shape index (κ3) is 9.55. The van der Waals surface area contributed by atoms with Gasteiger partial charge in [0.2, 0.25) is 0 Å². The van der Waals surface area contributed by atoms with Gasteiger partial charge < -0.3 is 9.57 Å². The monoisotopic (exact) mass is 402 g/mol. The van der Waals surface area contributed by atoms with Crippen molar-refractivity contribution in [2.75, 3.05) is 40.0 Å². The quantitative estimate of drug-likeness (QED) is 0.238. The van der Waals surface area contributed by atoms with E-state index in [2.05, 4.69) is 23.9 Å². The Labute approximate surface area is 166 Å². The molecule has 0 aromatic heterocycles. The Hall–Kier alpha value is -1.60. The highest BCUT2D eigenvalue weighted by Crippen LogP contribution is 2.29. The van der Waals surface area contributed by atoms with Gasteiger partial charge in [0.25, 0.3) is 0 Å². The van der Waals surface area contributed by atoms with Gasteiger partial charge in [-0.05, 0) is 62.9 Å². The average molecular weight is 403 g/mol. The lowest BCUT2D eigenvalue weighted by atomic mass is 10.0. The fourth-order valence-electron chi connectivity index (χ4n) is 2.89. The Morgan fingerprint density at radius 2 is 1.61 bits per heavy atom. The third-order valence-corrected chi connectivity index (χ3v) is 4.31. The maximum Gasteiger partial charge on any atom is 0.416 e. The van der Waals surface area contributed by atoms with Crippen LogP contribution in [0.2, 0.25) is 0 Å². The second kappa shape index (κ2) is 13.6. The van der Waals surface area contributed by atoms with E-state index in [-0.39, 0.29) is 0 Å². The van der Waals surface area contributed by atoms with Crippen molar-refractivity contribution in [3.63, 3.8) is 0 Å². The fraction of sp³-hybridized carbons (Fsp3) is 0.667. The molecule has 0 aliphatic carbocycles. The number of nitrogens with zero attached hydrogens (tertiary/aromatic N) is 2. The molecule has 1 aromatic rings. The molecule has 4 nitrogen and oxygen atoms in total. The lowest BCUT2D eigenvalue weighted by Gasteiger charge is -2.20. The molecule has 0 unspecified atom stereocenters. The van der Waals surface area contributed by atoms with Gasteiger partial charge in [-0.2, -0.15) is 13.2 Å². The minimum atomic E-state index is -4.34. The van der Waals surface area contributed by atoms with E-state index in [4.69, 9.17) is 9.57 Å². The van der Waals surface area contributed by atoms with E-state index in [0.717, 1.165) is 57.5 Å². The van der Waals surface area contributed by atoms with Crippen LogP contribution in [-0.4, -0.2) is 50.6 Å². The fourth-order valence-corrected chi connectivity index (χ4v) is 2.89. The summed E-state index contributed by atoms with van der Waals surface area (Å²) in [5.74, 6) is 0. The Bertz CT molecular complexity index is 554. The van der Waals surface area contributed by atoms with E-state index in [1.807, 2.05) is 0 Å². The lowest BCUT2D eigenvalue weighted by Crippen LogP contribution is -2.29. The molecule has 0 N–H and O–H groups in total. The molecule has 0 saturated carbocycles. The van der Waals surface area contributed by atoms with Crippen molar-refractivity contribution in [2.24, 2.45) is 5.16 Å². The van der Waals surface area contributed by atoms with Crippen molar-refractivity contribution in [2.45, 2.75) is 52.1 Å². The van der Waals surface area contributed by atoms with Crippen molar-refractivity contribution in [1.29, 1.82) is 0 Å². The maximum absolute atomic E-state index is 12.8. The van der Waals surface area contributed by atoms with Gasteiger partial charge in [0.15, 0.2) is 0 Å². The van der Waals surface area contributed by atoms with E-state index in [1.54, 1.807) is 7.11 Å². The first kappa shape index (κ1) is 24.4. The summed E-state index contributed by atoms with van der Waals surface area (Å²) in [4.78, 5) is 7.85. The van der Waals surface area contributed by atoms with Crippen molar-refractivity contribution < 1.29 is 22.7 Å². The SMILES string of the molecule is CCCN(CCC)CCO/N=C(\CCCCOC)c1ccc(C(F)(F)F)cc1. The van der Waals surface area contributed by atoms with E-state index >= 15 is 0 Å². The number of unbranched alkanes of at least 4 members (excludes halogenated alkanes) is 1. The molecule has 0 aliphatic heterocycles. The van der Waals surface area contributed by atoms with Crippen LogP contribution in [0.4, 0.5) is 13.2 Å². The van der Waals surface area contributed by atoms with Gasteiger partial charge in [-0.1, -0.05) is 31.1 Å². The van der Waals surface area contributed by atoms with E-state index in [0.29, 0.717) is 30.9 Å². The van der Waals surface area contributed by atoms with Gasteiger partial charge in [-0.25, -0.2) is 0 Å². The number of rotatable bonds is 14. The zero-order valence-electron chi connectivity index (χ0n) is 17.2. The molecule has 0 fully saturated rings. The number of alkyl halides is 3. The zero-order chi connectivity index (χ0) is 20.8. The van der Waals surface area contributed by atoms with Gasteiger partial charge in [0, 0.05) is 20.3 Å². The first-order chi connectivity index (χ1) is 13.4. The highest BCUT2D eigenvalue weighted by atomic mass is 19.4. The van der Waals surface area contributed by atoms with Crippen LogP contribution in [0, 0.1) is 0 Å². The van der Waals surface area contributed by atoms with Crippen LogP contribution >= 0.6 is 0 Å². The largest absolute Gasteiger partial charge is 0.416 e. The van der Waals surface area contributed by atoms with Crippen LogP contribution in [0.15, 0.2) is 29.4 Å². The molecule has 0 bridgehead atoms. The highest BCUT2D eigenvalue weighted by Gasteiger charge is 2.30. The molecule has 0 heterocycles. The molecular formula is C21H33F3N2O2. The Kier molecular flexibility index (Phi) is 11.8. The highest BCUT2D eigenvalue weighted by molar-refractivity contribution is 6.00. The van der Waals surface area contributed by atoms with Crippen LogP contribution in [0.1, 0.15) is 57.1 Å². The van der Waals surface area contributed by atoms with E-state index < -0.39 is 11.7 Å². The van der Waals surface area contributed by atoms with Crippen molar-refractivity contribution in [3.8, 4) is 0 Å². The van der Waals surface area contributed by atoms with Crippen molar-refractivity contribution in [1.82, 2.24) is 4.90 Å². The number of hydrogen-bond donors (Lipinski definition) is 0. The topological polar surface area (TPSA) is 34.1 Å². The number of methoxy groups -OCH3 is 1. The summed E-state index contributed by atoms with van der Waals surface area (Å²) in [6, 6.07) is 5.10. The number of halogens is 3. The summed E-state index contributed by atoms with van der Waals surface area (Å²) >= 11 is 0. The van der Waals surface area contributed by atoms with Crippen LogP contribution in [0.25, 0.3) is 0 Å². The molecule has 1 aromatic carbocycles. The van der Waals surface area contributed by atoms with Gasteiger partial charge in [0.05, 0.1) is 11.3 Å². The normalized spacial score (nSPS) is 12.6. The van der Waals surface area contributed by atoms with Gasteiger partial charge in [-0.3, -0.25) is 4.90 Å². The molecule has 0 radical (unpaired) electrons. The number of benzene rings is 1. The Balaban J connectivity index is 2.73. The summed E-state index contributed by atoms with van der Waals surface area (Å²) in [6.07, 6.45) is 0.139. The summed E-state index contributed by atoms with van der Waals surface area (Å²) in [6.45, 7) is 8.21. The number of oxime groups is 1. The molecular weight excluding hydrogens is 369 g/mol. The van der Waals surface area contributed by atoms with Gasteiger partial charge in [-0.15, -0.1) is 0 Å². The molecule has 0 aliphatic rings. The summed E-state index contributed by atoms with van der Waals surface area (Å²) in [5.41, 5.74) is 0.664. The van der Waals surface area contributed by atoms with Crippen LogP contribution in [0.5, 0.6) is 0 Å². The molecule has 0 atom stereocenters. The zero-order valence-corrected chi connectivity index (χ0v) is 17.2. The first-order valence-corrected chi connectivity index (χ1v) is 10.00. The summed E-state index contributed by atoms with van der Waals surface area (Å²) in [5, 5.41) is 4.24. The molecule has 1 rings (SSSR count). The molecule has 0 saturated heterocycles. The van der Waals surface area contributed by atoms with Crippen LogP contribution in [-0.2, 0) is 15.8 Å². The smallest absolute Gasteiger partial charge is 0.394 e. The van der Waals surface area contributed by atoms with Crippen molar-refractivity contribution >= 4 is 5.71 Å².